The zero-order valence-electron chi connectivity index (χ0n) is 12.6. The van der Waals surface area contributed by atoms with Crippen molar-refractivity contribution >= 4 is 17.7 Å². The van der Waals surface area contributed by atoms with Gasteiger partial charge in [0.05, 0.1) is 6.54 Å². The van der Waals surface area contributed by atoms with Gasteiger partial charge in [-0.2, -0.15) is 11.8 Å². The molecule has 1 amide bonds. The Bertz CT molecular complexity index is 574. The molecule has 0 heterocycles. The fourth-order valence-corrected chi connectivity index (χ4v) is 3.65. The molecule has 3 N–H and O–H groups in total. The van der Waals surface area contributed by atoms with Gasteiger partial charge < -0.3 is 11.1 Å². The van der Waals surface area contributed by atoms with Gasteiger partial charge in [0.25, 0.3) is 5.91 Å². The average Bonchev–Trinajstić information content (AvgIpc) is 2.93. The number of nitrogens with two attached hydrogens (primary N) is 1. The minimum Gasteiger partial charge on any atom is -0.348 e. The molecule has 1 saturated carbocycles. The van der Waals surface area contributed by atoms with Gasteiger partial charge in [0, 0.05) is 22.4 Å². The maximum atomic E-state index is 12.5. The summed E-state index contributed by atoms with van der Waals surface area (Å²) in [5.41, 5.74) is 7.92. The van der Waals surface area contributed by atoms with Gasteiger partial charge in [0.15, 0.2) is 0 Å². The van der Waals surface area contributed by atoms with Gasteiger partial charge in [0.2, 0.25) is 0 Å². The molecule has 0 aliphatic heterocycles. The van der Waals surface area contributed by atoms with E-state index in [0.29, 0.717) is 17.4 Å². The highest BCUT2D eigenvalue weighted by Gasteiger charge is 2.28. The van der Waals surface area contributed by atoms with Crippen molar-refractivity contribution in [2.75, 3.05) is 12.8 Å². The molecular weight excluding hydrogens is 280 g/mol. The van der Waals surface area contributed by atoms with E-state index in [1.165, 1.54) is 12.8 Å². The molecule has 2 atom stereocenters. The lowest BCUT2D eigenvalue weighted by Gasteiger charge is -2.19. The molecule has 2 rings (SSSR count). The van der Waals surface area contributed by atoms with Crippen LogP contribution in [0.2, 0.25) is 0 Å². The van der Waals surface area contributed by atoms with Gasteiger partial charge in [-0.15, -0.1) is 0 Å². The molecule has 0 spiro atoms. The highest BCUT2D eigenvalue weighted by atomic mass is 32.2. The Morgan fingerprint density at radius 1 is 1.48 bits per heavy atom. The van der Waals surface area contributed by atoms with Crippen LogP contribution in [0, 0.1) is 18.8 Å². The molecule has 2 unspecified atom stereocenters. The van der Waals surface area contributed by atoms with Crippen molar-refractivity contribution in [1.82, 2.24) is 5.32 Å². The molecule has 1 aromatic carbocycles. The second-order valence-corrected chi connectivity index (χ2v) is 6.40. The van der Waals surface area contributed by atoms with Crippen LogP contribution in [-0.4, -0.2) is 30.0 Å². The molecule has 3 nitrogen and oxygen atoms in total. The first-order chi connectivity index (χ1) is 10.2. The Balaban J connectivity index is 2.14. The van der Waals surface area contributed by atoms with Crippen molar-refractivity contribution in [3.63, 3.8) is 0 Å². The molecule has 0 aromatic heterocycles. The summed E-state index contributed by atoms with van der Waals surface area (Å²) in [6.07, 6.45) is 5.57. The van der Waals surface area contributed by atoms with E-state index < -0.39 is 0 Å². The first-order valence-corrected chi connectivity index (χ1v) is 8.57. The van der Waals surface area contributed by atoms with Crippen molar-refractivity contribution < 1.29 is 4.79 Å². The number of carbonyl (C=O) groups excluding carboxylic acids is 1. The number of hydrogen-bond acceptors (Lipinski definition) is 3. The summed E-state index contributed by atoms with van der Waals surface area (Å²) in [4.78, 5) is 12.5. The van der Waals surface area contributed by atoms with Crippen LogP contribution in [0.4, 0.5) is 0 Å². The lowest BCUT2D eigenvalue weighted by atomic mass is 10.0. The van der Waals surface area contributed by atoms with Crippen molar-refractivity contribution in [2.45, 2.75) is 37.5 Å². The third-order valence-electron chi connectivity index (χ3n) is 3.89. The van der Waals surface area contributed by atoms with Gasteiger partial charge in [-0.3, -0.25) is 4.79 Å². The van der Waals surface area contributed by atoms with Gasteiger partial charge in [0.1, 0.15) is 0 Å². The maximum Gasteiger partial charge on any atom is 0.251 e. The predicted octanol–water partition coefficient (Wildman–Crippen LogP) is 2.32. The topological polar surface area (TPSA) is 55.1 Å². The number of hydrogen-bond donors (Lipinski definition) is 2. The van der Waals surface area contributed by atoms with Crippen LogP contribution in [0.1, 0.15) is 40.7 Å². The molecule has 21 heavy (non-hydrogen) atoms. The highest BCUT2D eigenvalue weighted by Crippen LogP contribution is 2.28. The van der Waals surface area contributed by atoms with Crippen LogP contribution in [0.25, 0.3) is 0 Å². The number of amides is 1. The largest absolute Gasteiger partial charge is 0.348 e. The Morgan fingerprint density at radius 2 is 2.29 bits per heavy atom. The number of benzene rings is 1. The third-order valence-corrected chi connectivity index (χ3v) is 5.06. The van der Waals surface area contributed by atoms with Crippen molar-refractivity contribution in [3.8, 4) is 11.8 Å². The molecule has 0 saturated heterocycles. The number of carbonyl (C=O) groups is 1. The normalized spacial score (nSPS) is 20.7. The summed E-state index contributed by atoms with van der Waals surface area (Å²) < 4.78 is 0. The van der Waals surface area contributed by atoms with E-state index in [9.17, 15) is 4.79 Å². The molecule has 1 aliphatic carbocycles. The standard InChI is InChI=1S/C17H22N2OS/c1-12-8-9-13(5-4-10-18)11-14(12)17(20)19-15-6-3-7-16(15)21-2/h8-9,11,15-16H,3,6-7,10,18H2,1-2H3,(H,19,20). The maximum absolute atomic E-state index is 12.5. The lowest BCUT2D eigenvalue weighted by Crippen LogP contribution is -2.38. The first-order valence-electron chi connectivity index (χ1n) is 7.29. The van der Waals surface area contributed by atoms with E-state index in [2.05, 4.69) is 23.4 Å². The van der Waals surface area contributed by atoms with Crippen LogP contribution in [-0.2, 0) is 0 Å². The molecule has 1 fully saturated rings. The summed E-state index contributed by atoms with van der Waals surface area (Å²) in [6, 6.07) is 6.01. The number of nitrogens with one attached hydrogen (secondary N) is 1. The predicted molar refractivity (Wildman–Crippen MR) is 89.5 cm³/mol. The Kier molecular flexibility index (Phi) is 5.72. The zero-order chi connectivity index (χ0) is 15.2. The zero-order valence-corrected chi connectivity index (χ0v) is 13.4. The number of rotatable bonds is 3. The lowest BCUT2D eigenvalue weighted by molar-refractivity contribution is 0.0938. The van der Waals surface area contributed by atoms with E-state index >= 15 is 0 Å². The van der Waals surface area contributed by atoms with Gasteiger partial charge in [-0.1, -0.05) is 24.3 Å². The van der Waals surface area contributed by atoms with E-state index in [1.54, 1.807) is 0 Å². The average molecular weight is 302 g/mol. The second-order valence-electron chi connectivity index (χ2n) is 5.32. The molecule has 1 aliphatic rings. The summed E-state index contributed by atoms with van der Waals surface area (Å²) in [7, 11) is 0. The quantitative estimate of drug-likeness (QED) is 0.843. The molecule has 0 bridgehead atoms. The smallest absolute Gasteiger partial charge is 0.251 e. The van der Waals surface area contributed by atoms with Crippen molar-refractivity contribution in [3.05, 3.63) is 34.9 Å². The van der Waals surface area contributed by atoms with Crippen LogP contribution >= 0.6 is 11.8 Å². The Labute approximate surface area is 131 Å². The van der Waals surface area contributed by atoms with E-state index in [0.717, 1.165) is 17.5 Å². The minimum absolute atomic E-state index is 0.00912. The monoisotopic (exact) mass is 302 g/mol. The van der Waals surface area contributed by atoms with Crippen LogP contribution in [0.15, 0.2) is 18.2 Å². The van der Waals surface area contributed by atoms with E-state index in [-0.39, 0.29) is 11.9 Å². The minimum atomic E-state index is 0.00912. The number of thioether (sulfide) groups is 1. The summed E-state index contributed by atoms with van der Waals surface area (Å²) in [5.74, 6) is 5.81. The second kappa shape index (κ2) is 7.53. The fourth-order valence-electron chi connectivity index (χ4n) is 2.72. The van der Waals surface area contributed by atoms with Gasteiger partial charge in [-0.25, -0.2) is 0 Å². The van der Waals surface area contributed by atoms with Crippen molar-refractivity contribution in [2.24, 2.45) is 5.73 Å². The van der Waals surface area contributed by atoms with Gasteiger partial charge >= 0.3 is 0 Å². The molecular formula is C17H22N2OS. The highest BCUT2D eigenvalue weighted by molar-refractivity contribution is 7.99. The molecule has 4 heteroatoms. The van der Waals surface area contributed by atoms with Crippen LogP contribution in [0.3, 0.4) is 0 Å². The van der Waals surface area contributed by atoms with Gasteiger partial charge in [-0.05, 0) is 43.7 Å². The Hall–Kier alpha value is -1.44. The first kappa shape index (κ1) is 15.9. The molecule has 1 aromatic rings. The summed E-state index contributed by atoms with van der Waals surface area (Å²) in [6.45, 7) is 2.28. The summed E-state index contributed by atoms with van der Waals surface area (Å²) in [5, 5.41) is 3.72. The van der Waals surface area contributed by atoms with Crippen LogP contribution in [0.5, 0.6) is 0 Å². The molecule has 112 valence electrons. The Morgan fingerprint density at radius 3 is 3.00 bits per heavy atom. The van der Waals surface area contributed by atoms with E-state index in [4.69, 9.17) is 5.73 Å². The van der Waals surface area contributed by atoms with E-state index in [1.807, 2.05) is 36.9 Å². The fraction of sp³-hybridized carbons (Fsp3) is 0.471. The summed E-state index contributed by atoms with van der Waals surface area (Å²) >= 11 is 1.85. The SMILES string of the molecule is CSC1CCCC1NC(=O)c1cc(C#CCN)ccc1C. The van der Waals surface area contributed by atoms with Crippen LogP contribution < -0.4 is 11.1 Å². The molecule has 0 radical (unpaired) electrons. The number of aryl methyl sites for hydroxylation is 1. The third kappa shape index (κ3) is 4.03. The van der Waals surface area contributed by atoms with Crippen molar-refractivity contribution in [1.29, 1.82) is 0 Å².